The minimum atomic E-state index is 0.702. The van der Waals surface area contributed by atoms with Gasteiger partial charge in [0, 0.05) is 31.4 Å². The summed E-state index contributed by atoms with van der Waals surface area (Å²) in [6.07, 6.45) is 3.53. The van der Waals surface area contributed by atoms with Gasteiger partial charge in [-0.1, -0.05) is 17.7 Å². The number of hydrogen-bond donors (Lipinski definition) is 0. The van der Waals surface area contributed by atoms with Crippen LogP contribution < -0.4 is 0 Å². The fraction of sp³-hybridized carbons (Fsp3) is 0.250. The molecule has 0 radical (unpaired) electrons. The summed E-state index contributed by atoms with van der Waals surface area (Å²) in [5.41, 5.74) is 2.73. The van der Waals surface area contributed by atoms with Crippen molar-refractivity contribution in [2.24, 2.45) is 0 Å². The Kier molecular flexibility index (Phi) is 4.18. The zero-order valence-electron chi connectivity index (χ0n) is 11.8. The van der Waals surface area contributed by atoms with Crippen molar-refractivity contribution in [3.8, 4) is 5.69 Å². The number of fused-ring (bicyclic) bond motifs is 1. The van der Waals surface area contributed by atoms with Gasteiger partial charge in [-0.05, 0) is 36.8 Å². The van der Waals surface area contributed by atoms with Crippen molar-refractivity contribution in [3.63, 3.8) is 0 Å². The summed E-state index contributed by atoms with van der Waals surface area (Å²) in [7, 11) is 1.71. The molecule has 4 nitrogen and oxygen atoms in total. The minimum absolute atomic E-state index is 0.702. The number of imidazole rings is 1. The van der Waals surface area contributed by atoms with Gasteiger partial charge in [-0.2, -0.15) is 0 Å². The van der Waals surface area contributed by atoms with Crippen LogP contribution in [0.3, 0.4) is 0 Å². The summed E-state index contributed by atoms with van der Waals surface area (Å²) in [5.74, 6) is 0.975. The lowest BCUT2D eigenvalue weighted by Crippen LogP contribution is -2.03. The van der Waals surface area contributed by atoms with Gasteiger partial charge in [-0.3, -0.25) is 4.57 Å². The zero-order valence-corrected chi connectivity index (χ0v) is 12.5. The van der Waals surface area contributed by atoms with Crippen molar-refractivity contribution < 1.29 is 4.74 Å². The lowest BCUT2D eigenvalue weighted by Gasteiger charge is -2.09. The summed E-state index contributed by atoms with van der Waals surface area (Å²) < 4.78 is 7.19. The monoisotopic (exact) mass is 301 g/mol. The largest absolute Gasteiger partial charge is 0.385 e. The molecule has 3 aromatic rings. The fourth-order valence-electron chi connectivity index (χ4n) is 2.39. The molecule has 0 atom stereocenters. The number of benzene rings is 1. The first-order chi connectivity index (χ1) is 10.3. The molecule has 0 fully saturated rings. The van der Waals surface area contributed by atoms with E-state index < -0.39 is 0 Å². The molecule has 3 rings (SSSR count). The van der Waals surface area contributed by atoms with Crippen LogP contribution in [-0.4, -0.2) is 28.3 Å². The number of hydrogen-bond acceptors (Lipinski definition) is 3. The highest BCUT2D eigenvalue weighted by Gasteiger charge is 2.13. The maximum Gasteiger partial charge on any atom is 0.164 e. The SMILES string of the molecule is COCCCc1nc2cccnc2n1-c1cccc(Cl)c1. The van der Waals surface area contributed by atoms with E-state index in [2.05, 4.69) is 9.55 Å². The van der Waals surface area contributed by atoms with Crippen LogP contribution in [0, 0.1) is 0 Å². The Bertz CT molecular complexity index is 754. The van der Waals surface area contributed by atoms with E-state index >= 15 is 0 Å². The topological polar surface area (TPSA) is 39.9 Å². The highest BCUT2D eigenvalue weighted by Crippen LogP contribution is 2.22. The van der Waals surface area contributed by atoms with Gasteiger partial charge in [0.2, 0.25) is 0 Å². The quantitative estimate of drug-likeness (QED) is 0.675. The van der Waals surface area contributed by atoms with Crippen LogP contribution in [0.15, 0.2) is 42.6 Å². The molecule has 0 saturated heterocycles. The average Bonchev–Trinajstić information content (AvgIpc) is 2.86. The predicted octanol–water partition coefficient (Wildman–Crippen LogP) is 3.65. The third-order valence-electron chi connectivity index (χ3n) is 3.30. The van der Waals surface area contributed by atoms with Gasteiger partial charge in [0.1, 0.15) is 11.3 Å². The summed E-state index contributed by atoms with van der Waals surface area (Å²) in [5, 5.41) is 0.702. The molecule has 0 aliphatic carbocycles. The van der Waals surface area contributed by atoms with E-state index in [9.17, 15) is 0 Å². The minimum Gasteiger partial charge on any atom is -0.385 e. The smallest absolute Gasteiger partial charge is 0.164 e. The molecule has 0 bridgehead atoms. The number of rotatable bonds is 5. The third-order valence-corrected chi connectivity index (χ3v) is 3.54. The van der Waals surface area contributed by atoms with Gasteiger partial charge in [-0.25, -0.2) is 9.97 Å². The summed E-state index contributed by atoms with van der Waals surface area (Å²) in [4.78, 5) is 9.15. The van der Waals surface area contributed by atoms with Crippen LogP contribution in [0.1, 0.15) is 12.2 Å². The molecular weight excluding hydrogens is 286 g/mol. The Morgan fingerprint density at radius 2 is 2.14 bits per heavy atom. The van der Waals surface area contributed by atoms with Gasteiger partial charge in [0.15, 0.2) is 5.65 Å². The first kappa shape index (κ1) is 14.0. The first-order valence-electron chi connectivity index (χ1n) is 6.87. The normalized spacial score (nSPS) is 11.1. The number of pyridine rings is 1. The number of nitrogens with zero attached hydrogens (tertiary/aromatic N) is 3. The molecule has 0 spiro atoms. The number of methoxy groups -OCH3 is 1. The molecule has 0 aliphatic rings. The van der Waals surface area contributed by atoms with E-state index in [-0.39, 0.29) is 0 Å². The highest BCUT2D eigenvalue weighted by molar-refractivity contribution is 6.30. The van der Waals surface area contributed by atoms with E-state index in [4.69, 9.17) is 21.3 Å². The van der Waals surface area contributed by atoms with Gasteiger partial charge < -0.3 is 4.74 Å². The maximum absolute atomic E-state index is 6.12. The van der Waals surface area contributed by atoms with Gasteiger partial charge in [-0.15, -0.1) is 0 Å². The average molecular weight is 302 g/mol. The summed E-state index contributed by atoms with van der Waals surface area (Å²) >= 11 is 6.12. The third kappa shape index (κ3) is 2.91. The second kappa shape index (κ2) is 6.24. The Hall–Kier alpha value is -1.91. The molecule has 5 heteroatoms. The number of aryl methyl sites for hydroxylation is 1. The molecule has 0 aliphatic heterocycles. The van der Waals surface area contributed by atoms with Crippen molar-refractivity contribution in [2.45, 2.75) is 12.8 Å². The molecule has 0 N–H and O–H groups in total. The number of halogens is 1. The second-order valence-electron chi connectivity index (χ2n) is 4.79. The van der Waals surface area contributed by atoms with Gasteiger partial charge in [0.25, 0.3) is 0 Å². The van der Waals surface area contributed by atoms with E-state index in [1.54, 1.807) is 13.3 Å². The van der Waals surface area contributed by atoms with Crippen LogP contribution in [-0.2, 0) is 11.2 Å². The Morgan fingerprint density at radius 3 is 2.95 bits per heavy atom. The van der Waals surface area contributed by atoms with E-state index in [1.165, 1.54) is 0 Å². The van der Waals surface area contributed by atoms with E-state index in [0.717, 1.165) is 35.5 Å². The zero-order chi connectivity index (χ0) is 14.7. The van der Waals surface area contributed by atoms with Gasteiger partial charge in [0.05, 0.1) is 5.69 Å². The lowest BCUT2D eigenvalue weighted by molar-refractivity contribution is 0.194. The molecule has 0 unspecified atom stereocenters. The molecule has 21 heavy (non-hydrogen) atoms. The molecule has 2 heterocycles. The van der Waals surface area contributed by atoms with Crippen LogP contribution >= 0.6 is 11.6 Å². The fourth-order valence-corrected chi connectivity index (χ4v) is 2.57. The van der Waals surface area contributed by atoms with E-state index in [0.29, 0.717) is 11.6 Å². The van der Waals surface area contributed by atoms with Crippen molar-refractivity contribution >= 4 is 22.8 Å². The second-order valence-corrected chi connectivity index (χ2v) is 5.22. The summed E-state index contributed by atoms with van der Waals surface area (Å²) in [6, 6.07) is 11.6. The van der Waals surface area contributed by atoms with Gasteiger partial charge >= 0.3 is 0 Å². The molecule has 1 aromatic carbocycles. The first-order valence-corrected chi connectivity index (χ1v) is 7.24. The van der Waals surface area contributed by atoms with E-state index in [1.807, 2.05) is 36.4 Å². The predicted molar refractivity (Wildman–Crippen MR) is 84.1 cm³/mol. The molecule has 0 saturated carbocycles. The molecule has 108 valence electrons. The number of ether oxygens (including phenoxy) is 1. The standard InChI is InChI=1S/C16H16ClN3O/c1-21-10-4-8-15-19-14-7-3-9-18-16(14)20(15)13-6-2-5-12(17)11-13/h2-3,5-7,9,11H,4,8,10H2,1H3. The van der Waals surface area contributed by atoms with Crippen molar-refractivity contribution in [1.82, 2.24) is 14.5 Å². The Labute approximate surface area is 128 Å². The number of aromatic nitrogens is 3. The lowest BCUT2D eigenvalue weighted by atomic mass is 10.2. The van der Waals surface area contributed by atoms with Crippen molar-refractivity contribution in [1.29, 1.82) is 0 Å². The molecular formula is C16H16ClN3O. The van der Waals surface area contributed by atoms with Crippen LogP contribution in [0.5, 0.6) is 0 Å². The van der Waals surface area contributed by atoms with Crippen molar-refractivity contribution in [3.05, 3.63) is 53.4 Å². The molecule has 0 amide bonds. The Morgan fingerprint density at radius 1 is 1.24 bits per heavy atom. The van der Waals surface area contributed by atoms with Crippen LogP contribution in [0.2, 0.25) is 5.02 Å². The summed E-state index contributed by atoms with van der Waals surface area (Å²) in [6.45, 7) is 0.714. The highest BCUT2D eigenvalue weighted by atomic mass is 35.5. The Balaban J connectivity index is 2.11. The van der Waals surface area contributed by atoms with Crippen LogP contribution in [0.4, 0.5) is 0 Å². The molecule has 2 aromatic heterocycles. The maximum atomic E-state index is 6.12. The van der Waals surface area contributed by atoms with Crippen LogP contribution in [0.25, 0.3) is 16.9 Å². The van der Waals surface area contributed by atoms with Crippen molar-refractivity contribution in [2.75, 3.05) is 13.7 Å².